The summed E-state index contributed by atoms with van der Waals surface area (Å²) in [4.78, 5) is 62.3. The number of carbonyl (C=O) groups excluding carboxylic acids is 4. The van der Waals surface area contributed by atoms with E-state index in [1.54, 1.807) is 6.07 Å². The Kier molecular flexibility index (Phi) is 5.05. The summed E-state index contributed by atoms with van der Waals surface area (Å²) >= 11 is 0. The summed E-state index contributed by atoms with van der Waals surface area (Å²) in [5, 5.41) is 14.6. The zero-order valence-electron chi connectivity index (χ0n) is 16.4. The first-order valence-corrected chi connectivity index (χ1v) is 10.1. The minimum Gasteiger partial charge on any atom is -0.480 e. The van der Waals surface area contributed by atoms with Crippen molar-refractivity contribution in [2.75, 3.05) is 0 Å². The summed E-state index contributed by atoms with van der Waals surface area (Å²) in [5.41, 5.74) is 0.0215. The number of carboxylic acids is 1. The number of rotatable bonds is 4. The molecule has 4 rings (SSSR count). The minimum atomic E-state index is -1.26. The first-order chi connectivity index (χ1) is 14.3. The van der Waals surface area contributed by atoms with Gasteiger partial charge in [-0.1, -0.05) is 19.3 Å². The number of piperidine rings is 1. The molecule has 158 valence electrons. The van der Waals surface area contributed by atoms with Crippen LogP contribution in [0.15, 0.2) is 18.2 Å². The van der Waals surface area contributed by atoms with Gasteiger partial charge in [0, 0.05) is 24.1 Å². The molecule has 2 aliphatic heterocycles. The van der Waals surface area contributed by atoms with Gasteiger partial charge in [0.15, 0.2) is 0 Å². The molecule has 2 fully saturated rings. The van der Waals surface area contributed by atoms with Crippen LogP contribution in [0.5, 0.6) is 0 Å². The fourth-order valence-electron chi connectivity index (χ4n) is 4.55. The predicted octanol–water partition coefficient (Wildman–Crippen LogP) is 0.965. The van der Waals surface area contributed by atoms with Crippen molar-refractivity contribution >= 4 is 29.6 Å². The molecular weight excluding hydrogens is 390 g/mol. The third kappa shape index (κ3) is 3.44. The number of hydrogen-bond donors (Lipinski definition) is 3. The van der Waals surface area contributed by atoms with Crippen LogP contribution < -0.4 is 10.6 Å². The van der Waals surface area contributed by atoms with Gasteiger partial charge in [0.1, 0.15) is 11.6 Å². The van der Waals surface area contributed by atoms with Gasteiger partial charge in [0.25, 0.3) is 11.8 Å². The molecule has 1 atom stereocenters. The molecular formula is C21H23N3O6. The lowest BCUT2D eigenvalue weighted by Gasteiger charge is -2.34. The van der Waals surface area contributed by atoms with E-state index in [0.717, 1.165) is 19.3 Å². The van der Waals surface area contributed by atoms with Crippen molar-refractivity contribution in [2.45, 2.75) is 63.1 Å². The third-order valence-corrected chi connectivity index (χ3v) is 6.26. The highest BCUT2D eigenvalue weighted by atomic mass is 16.4. The number of amides is 4. The van der Waals surface area contributed by atoms with Crippen LogP contribution in [0.25, 0.3) is 0 Å². The Hall–Kier alpha value is -3.23. The topological polar surface area (TPSA) is 133 Å². The van der Waals surface area contributed by atoms with Crippen LogP contribution in [0.1, 0.15) is 71.2 Å². The first-order valence-electron chi connectivity index (χ1n) is 10.1. The van der Waals surface area contributed by atoms with Crippen molar-refractivity contribution in [1.82, 2.24) is 15.5 Å². The Labute approximate surface area is 172 Å². The largest absolute Gasteiger partial charge is 0.480 e. The normalized spacial score (nSPS) is 23.0. The Morgan fingerprint density at radius 3 is 2.53 bits per heavy atom. The van der Waals surface area contributed by atoms with Crippen LogP contribution in [0, 0.1) is 0 Å². The molecule has 0 spiro atoms. The van der Waals surface area contributed by atoms with E-state index in [9.17, 15) is 29.1 Å². The van der Waals surface area contributed by atoms with Crippen LogP contribution in [0.4, 0.5) is 0 Å². The van der Waals surface area contributed by atoms with Gasteiger partial charge in [-0.3, -0.25) is 24.5 Å². The zero-order chi connectivity index (χ0) is 21.5. The van der Waals surface area contributed by atoms with E-state index in [0.29, 0.717) is 24.0 Å². The van der Waals surface area contributed by atoms with E-state index in [2.05, 4.69) is 10.6 Å². The molecule has 9 heteroatoms. The van der Waals surface area contributed by atoms with Gasteiger partial charge in [0.05, 0.1) is 0 Å². The highest BCUT2D eigenvalue weighted by Crippen LogP contribution is 2.31. The van der Waals surface area contributed by atoms with Gasteiger partial charge >= 0.3 is 5.97 Å². The van der Waals surface area contributed by atoms with Crippen LogP contribution in [0.2, 0.25) is 0 Å². The number of carbonyl (C=O) groups is 5. The van der Waals surface area contributed by atoms with Gasteiger partial charge in [0.2, 0.25) is 11.8 Å². The van der Waals surface area contributed by atoms with Crippen molar-refractivity contribution < 1.29 is 29.1 Å². The predicted molar refractivity (Wildman–Crippen MR) is 103 cm³/mol. The number of nitrogens with zero attached hydrogens (tertiary/aromatic N) is 1. The van der Waals surface area contributed by atoms with Crippen molar-refractivity contribution in [2.24, 2.45) is 0 Å². The number of imide groups is 1. The third-order valence-electron chi connectivity index (χ3n) is 6.26. The number of fused-ring (bicyclic) bond motifs is 1. The molecule has 1 unspecified atom stereocenters. The van der Waals surface area contributed by atoms with Gasteiger partial charge < -0.3 is 15.3 Å². The Morgan fingerprint density at radius 1 is 1.13 bits per heavy atom. The lowest BCUT2D eigenvalue weighted by molar-refractivity contribution is -0.146. The van der Waals surface area contributed by atoms with Crippen molar-refractivity contribution in [3.8, 4) is 0 Å². The van der Waals surface area contributed by atoms with E-state index >= 15 is 0 Å². The average molecular weight is 413 g/mol. The quantitative estimate of drug-likeness (QED) is 0.630. The maximum Gasteiger partial charge on any atom is 0.329 e. The molecule has 0 bridgehead atoms. The van der Waals surface area contributed by atoms with Gasteiger partial charge in [-0.2, -0.15) is 0 Å². The smallest absolute Gasteiger partial charge is 0.329 e. The Bertz CT molecular complexity index is 950. The summed E-state index contributed by atoms with van der Waals surface area (Å²) in [6.07, 6.45) is 3.64. The highest BCUT2D eigenvalue weighted by molar-refractivity contribution is 6.06. The molecule has 1 saturated carbocycles. The van der Waals surface area contributed by atoms with Crippen molar-refractivity contribution in [1.29, 1.82) is 0 Å². The van der Waals surface area contributed by atoms with Crippen LogP contribution in [0.3, 0.4) is 0 Å². The maximum atomic E-state index is 12.8. The fourth-order valence-corrected chi connectivity index (χ4v) is 4.55. The maximum absolute atomic E-state index is 12.8. The van der Waals surface area contributed by atoms with E-state index in [1.165, 1.54) is 17.0 Å². The molecule has 0 radical (unpaired) electrons. The second-order valence-electron chi connectivity index (χ2n) is 8.17. The number of aliphatic carboxylic acids is 1. The number of carboxylic acid groups (broad SMARTS) is 1. The molecule has 4 amide bonds. The standard InChI is InChI=1S/C21H23N3O6/c25-16-7-6-15(18(27)22-16)24-11-13-10-12(4-5-14(13)19(24)28)17(26)23-21(20(29)30)8-2-1-3-9-21/h4-5,10,15H,1-3,6-9,11H2,(H,23,26)(H,29,30)(H,22,25,27). The second-order valence-corrected chi connectivity index (χ2v) is 8.17. The summed E-state index contributed by atoms with van der Waals surface area (Å²) in [5.74, 6) is -2.69. The molecule has 9 nitrogen and oxygen atoms in total. The van der Waals surface area contributed by atoms with Crippen LogP contribution in [-0.2, 0) is 20.9 Å². The van der Waals surface area contributed by atoms with Crippen molar-refractivity contribution in [3.05, 3.63) is 34.9 Å². The summed E-state index contributed by atoms with van der Waals surface area (Å²) in [7, 11) is 0. The number of hydrogen-bond acceptors (Lipinski definition) is 5. The first kappa shape index (κ1) is 20.1. The van der Waals surface area contributed by atoms with Crippen LogP contribution >= 0.6 is 0 Å². The van der Waals surface area contributed by atoms with E-state index in [4.69, 9.17) is 0 Å². The molecule has 1 aliphatic carbocycles. The zero-order valence-corrected chi connectivity index (χ0v) is 16.4. The summed E-state index contributed by atoms with van der Waals surface area (Å²) in [6.45, 7) is 0.158. The van der Waals surface area contributed by atoms with Gasteiger partial charge in [-0.15, -0.1) is 0 Å². The molecule has 3 N–H and O–H groups in total. The molecule has 30 heavy (non-hydrogen) atoms. The molecule has 3 aliphatic rings. The SMILES string of the molecule is O=C1CCC(N2Cc3cc(C(=O)NC4(C(=O)O)CCCCC4)ccc3C2=O)C(=O)N1. The lowest BCUT2D eigenvalue weighted by Crippen LogP contribution is -2.55. The fraction of sp³-hybridized carbons (Fsp3) is 0.476. The molecule has 0 aromatic heterocycles. The van der Waals surface area contributed by atoms with Gasteiger partial charge in [-0.25, -0.2) is 4.79 Å². The summed E-state index contributed by atoms with van der Waals surface area (Å²) < 4.78 is 0. The number of nitrogens with one attached hydrogen (secondary N) is 2. The lowest BCUT2D eigenvalue weighted by atomic mass is 9.81. The second kappa shape index (κ2) is 7.55. The molecule has 2 heterocycles. The molecule has 1 saturated heterocycles. The minimum absolute atomic E-state index is 0.158. The van der Waals surface area contributed by atoms with Gasteiger partial charge in [-0.05, 0) is 43.0 Å². The molecule has 1 aromatic rings. The van der Waals surface area contributed by atoms with E-state index in [1.807, 2.05) is 0 Å². The van der Waals surface area contributed by atoms with E-state index < -0.39 is 29.4 Å². The number of benzene rings is 1. The van der Waals surface area contributed by atoms with Crippen molar-refractivity contribution in [3.63, 3.8) is 0 Å². The Balaban J connectivity index is 1.52. The monoisotopic (exact) mass is 413 g/mol. The summed E-state index contributed by atoms with van der Waals surface area (Å²) in [6, 6.07) is 3.88. The van der Waals surface area contributed by atoms with Crippen LogP contribution in [-0.4, -0.2) is 51.2 Å². The average Bonchev–Trinajstić information content (AvgIpc) is 3.04. The highest BCUT2D eigenvalue weighted by Gasteiger charge is 2.42. The molecule has 1 aromatic carbocycles. The Morgan fingerprint density at radius 2 is 1.87 bits per heavy atom. The van der Waals surface area contributed by atoms with E-state index in [-0.39, 0.29) is 36.8 Å².